The summed E-state index contributed by atoms with van der Waals surface area (Å²) in [4.78, 5) is 21.8. The van der Waals surface area contributed by atoms with E-state index in [-0.39, 0.29) is 17.2 Å². The van der Waals surface area contributed by atoms with Crippen LogP contribution in [0, 0.1) is 0 Å². The second-order valence-corrected chi connectivity index (χ2v) is 2.64. The average Bonchev–Trinajstić information content (AvgIpc) is 2.04. The van der Waals surface area contributed by atoms with Crippen molar-refractivity contribution in [2.24, 2.45) is 0 Å². The van der Waals surface area contributed by atoms with Gasteiger partial charge in [0, 0.05) is 20.2 Å². The SMILES string of the molecule is CN(C)NC(=O)c1ccc(=O)[nH]n1. The number of amides is 1. The van der Waals surface area contributed by atoms with Crippen LogP contribution in [0.25, 0.3) is 0 Å². The minimum Gasteiger partial charge on any atom is -0.284 e. The summed E-state index contributed by atoms with van der Waals surface area (Å²) in [6, 6.07) is 2.61. The van der Waals surface area contributed by atoms with E-state index in [2.05, 4.69) is 15.6 Å². The summed E-state index contributed by atoms with van der Waals surface area (Å²) in [5, 5.41) is 7.22. The molecule has 0 atom stereocenters. The topological polar surface area (TPSA) is 78.1 Å². The molecule has 1 aromatic rings. The smallest absolute Gasteiger partial charge is 0.284 e. The monoisotopic (exact) mass is 182 g/mol. The molecule has 0 radical (unpaired) electrons. The molecule has 0 unspecified atom stereocenters. The molecule has 0 aliphatic rings. The lowest BCUT2D eigenvalue weighted by molar-refractivity contribution is 0.0850. The minimum atomic E-state index is -0.360. The van der Waals surface area contributed by atoms with Crippen molar-refractivity contribution in [1.82, 2.24) is 20.6 Å². The van der Waals surface area contributed by atoms with E-state index in [9.17, 15) is 9.59 Å². The lowest BCUT2D eigenvalue weighted by atomic mass is 10.4. The van der Waals surface area contributed by atoms with Crippen LogP contribution in [-0.4, -0.2) is 35.2 Å². The minimum absolute atomic E-state index is 0.174. The number of hydrogen-bond donors (Lipinski definition) is 2. The zero-order chi connectivity index (χ0) is 9.84. The third-order valence-electron chi connectivity index (χ3n) is 1.24. The van der Waals surface area contributed by atoms with E-state index < -0.39 is 0 Å². The molecule has 0 bridgehead atoms. The molecule has 6 nitrogen and oxygen atoms in total. The average molecular weight is 182 g/mol. The molecule has 70 valence electrons. The van der Waals surface area contributed by atoms with Crippen LogP contribution in [-0.2, 0) is 0 Å². The fourth-order valence-corrected chi connectivity index (χ4v) is 0.731. The highest BCUT2D eigenvalue weighted by molar-refractivity contribution is 5.91. The summed E-state index contributed by atoms with van der Waals surface area (Å²) in [6.07, 6.45) is 0. The molecule has 1 rings (SSSR count). The third kappa shape index (κ3) is 2.68. The highest BCUT2D eigenvalue weighted by atomic mass is 16.2. The fraction of sp³-hybridized carbons (Fsp3) is 0.286. The van der Waals surface area contributed by atoms with Crippen LogP contribution in [0.1, 0.15) is 10.5 Å². The van der Waals surface area contributed by atoms with Crippen molar-refractivity contribution in [3.05, 3.63) is 28.2 Å². The van der Waals surface area contributed by atoms with Crippen LogP contribution in [0.4, 0.5) is 0 Å². The molecule has 0 aliphatic carbocycles. The number of H-pyrrole nitrogens is 1. The van der Waals surface area contributed by atoms with Crippen LogP contribution < -0.4 is 11.0 Å². The summed E-state index contributed by atoms with van der Waals surface area (Å²) in [5.41, 5.74) is 2.33. The molecule has 13 heavy (non-hydrogen) atoms. The van der Waals surface area contributed by atoms with Crippen LogP contribution in [0.2, 0.25) is 0 Å². The van der Waals surface area contributed by atoms with E-state index in [0.29, 0.717) is 0 Å². The van der Waals surface area contributed by atoms with Gasteiger partial charge in [0.05, 0.1) is 0 Å². The second kappa shape index (κ2) is 3.81. The Kier molecular flexibility index (Phi) is 2.76. The van der Waals surface area contributed by atoms with Gasteiger partial charge in [0.25, 0.3) is 11.5 Å². The third-order valence-corrected chi connectivity index (χ3v) is 1.24. The number of hydrazine groups is 1. The summed E-state index contributed by atoms with van der Waals surface area (Å²) < 4.78 is 0. The maximum Gasteiger partial charge on any atom is 0.285 e. The van der Waals surface area contributed by atoms with E-state index in [1.807, 2.05) is 0 Å². The van der Waals surface area contributed by atoms with Gasteiger partial charge in [-0.15, -0.1) is 0 Å². The predicted molar refractivity (Wildman–Crippen MR) is 46.0 cm³/mol. The Morgan fingerprint density at radius 1 is 1.54 bits per heavy atom. The van der Waals surface area contributed by atoms with E-state index in [4.69, 9.17) is 0 Å². The van der Waals surface area contributed by atoms with Gasteiger partial charge < -0.3 is 0 Å². The Bertz CT molecular complexity index is 337. The number of nitrogens with zero attached hydrogens (tertiary/aromatic N) is 2. The maximum atomic E-state index is 11.2. The number of aromatic nitrogens is 2. The van der Waals surface area contributed by atoms with E-state index >= 15 is 0 Å². The van der Waals surface area contributed by atoms with Gasteiger partial charge in [-0.05, 0) is 6.07 Å². The quantitative estimate of drug-likeness (QED) is 0.574. The van der Waals surface area contributed by atoms with Crippen LogP contribution in [0.15, 0.2) is 16.9 Å². The second-order valence-electron chi connectivity index (χ2n) is 2.64. The van der Waals surface area contributed by atoms with Gasteiger partial charge in [-0.1, -0.05) is 0 Å². The molecule has 0 aromatic carbocycles. The van der Waals surface area contributed by atoms with Crippen molar-refractivity contribution in [2.75, 3.05) is 14.1 Å². The van der Waals surface area contributed by atoms with Gasteiger partial charge in [0.15, 0.2) is 0 Å². The van der Waals surface area contributed by atoms with Crippen molar-refractivity contribution in [1.29, 1.82) is 0 Å². The van der Waals surface area contributed by atoms with E-state index in [0.717, 1.165) is 0 Å². The zero-order valence-corrected chi connectivity index (χ0v) is 7.37. The summed E-state index contributed by atoms with van der Waals surface area (Å²) in [5.74, 6) is -0.360. The van der Waals surface area contributed by atoms with Crippen LogP contribution in [0.3, 0.4) is 0 Å². The standard InChI is InChI=1S/C7H10N4O2/c1-11(2)10-7(13)5-3-4-6(12)9-8-5/h3-4H,1-2H3,(H,9,12)(H,10,13). The van der Waals surface area contributed by atoms with Gasteiger partial charge >= 0.3 is 0 Å². The lowest BCUT2D eigenvalue weighted by Gasteiger charge is -2.10. The zero-order valence-electron chi connectivity index (χ0n) is 7.37. The number of hydrogen-bond acceptors (Lipinski definition) is 4. The molecule has 0 spiro atoms. The van der Waals surface area contributed by atoms with Gasteiger partial charge in [0.2, 0.25) is 0 Å². The maximum absolute atomic E-state index is 11.2. The van der Waals surface area contributed by atoms with Gasteiger partial charge in [-0.2, -0.15) is 5.10 Å². The Labute approximate surface area is 74.5 Å². The number of aromatic amines is 1. The first-order valence-corrected chi connectivity index (χ1v) is 3.63. The lowest BCUT2D eigenvalue weighted by Crippen LogP contribution is -2.36. The largest absolute Gasteiger partial charge is 0.285 e. The first-order valence-electron chi connectivity index (χ1n) is 3.63. The van der Waals surface area contributed by atoms with Crippen molar-refractivity contribution >= 4 is 5.91 Å². The Balaban J connectivity index is 2.78. The van der Waals surface area contributed by atoms with Crippen LogP contribution >= 0.6 is 0 Å². The summed E-state index contributed by atoms with van der Waals surface area (Å²) in [7, 11) is 3.37. The highest BCUT2D eigenvalue weighted by Gasteiger charge is 2.06. The molecule has 6 heteroatoms. The summed E-state index contributed by atoms with van der Waals surface area (Å²) in [6.45, 7) is 0. The van der Waals surface area contributed by atoms with Gasteiger partial charge in [-0.3, -0.25) is 15.0 Å². The Morgan fingerprint density at radius 3 is 2.69 bits per heavy atom. The van der Waals surface area contributed by atoms with Crippen molar-refractivity contribution in [3.63, 3.8) is 0 Å². The molecule has 0 saturated heterocycles. The molecule has 1 aromatic heterocycles. The molecule has 0 aliphatic heterocycles. The van der Waals surface area contributed by atoms with Gasteiger partial charge in [0.1, 0.15) is 5.69 Å². The van der Waals surface area contributed by atoms with Crippen molar-refractivity contribution in [3.8, 4) is 0 Å². The van der Waals surface area contributed by atoms with Crippen LogP contribution in [0.5, 0.6) is 0 Å². The first-order chi connectivity index (χ1) is 6.09. The van der Waals surface area contributed by atoms with E-state index in [1.54, 1.807) is 14.1 Å². The molecule has 1 amide bonds. The Hall–Kier alpha value is -1.69. The predicted octanol–water partition coefficient (Wildman–Crippen LogP) is -1.02. The normalized spacial score (nSPS) is 10.1. The molecule has 1 heterocycles. The van der Waals surface area contributed by atoms with E-state index in [1.165, 1.54) is 17.1 Å². The number of rotatable bonds is 2. The van der Waals surface area contributed by atoms with Crippen molar-refractivity contribution in [2.45, 2.75) is 0 Å². The van der Waals surface area contributed by atoms with Crippen molar-refractivity contribution < 1.29 is 4.79 Å². The number of carbonyl (C=O) groups excluding carboxylic acids is 1. The Morgan fingerprint density at radius 2 is 2.23 bits per heavy atom. The highest BCUT2D eigenvalue weighted by Crippen LogP contribution is 1.87. The fourth-order valence-electron chi connectivity index (χ4n) is 0.731. The molecular weight excluding hydrogens is 172 g/mol. The molecule has 2 N–H and O–H groups in total. The molecule has 0 fully saturated rings. The molecule has 0 saturated carbocycles. The summed E-state index contributed by atoms with van der Waals surface area (Å²) >= 11 is 0. The van der Waals surface area contributed by atoms with Gasteiger partial charge in [-0.25, -0.2) is 10.1 Å². The first kappa shape index (κ1) is 9.40. The number of nitrogens with one attached hydrogen (secondary N) is 2. The molecular formula is C7H10N4O2. The number of carbonyl (C=O) groups is 1.